The normalized spacial score (nSPS) is 10.9. The van der Waals surface area contributed by atoms with E-state index in [0.29, 0.717) is 5.56 Å². The van der Waals surface area contributed by atoms with Gasteiger partial charge in [0.25, 0.3) is 0 Å². The molecule has 0 bridgehead atoms. The van der Waals surface area contributed by atoms with E-state index < -0.39 is 0 Å². The summed E-state index contributed by atoms with van der Waals surface area (Å²) in [6, 6.07) is 48.7. The van der Waals surface area contributed by atoms with E-state index in [2.05, 4.69) is 102 Å². The van der Waals surface area contributed by atoms with E-state index in [1.165, 1.54) is 6.07 Å². The minimum absolute atomic E-state index is 0.212. The highest BCUT2D eigenvalue weighted by Gasteiger charge is 2.15. The first-order chi connectivity index (χ1) is 17.8. The van der Waals surface area contributed by atoms with Crippen LogP contribution in [0.5, 0.6) is 0 Å². The van der Waals surface area contributed by atoms with Gasteiger partial charge in [0.1, 0.15) is 5.82 Å². The molecule has 0 radical (unpaired) electrons. The van der Waals surface area contributed by atoms with E-state index in [-0.39, 0.29) is 5.82 Å². The van der Waals surface area contributed by atoms with Gasteiger partial charge in [0, 0.05) is 22.6 Å². The molecule has 172 valence electrons. The maximum atomic E-state index is 14.8. The average molecular weight is 466 g/mol. The molecule has 0 aliphatic carbocycles. The van der Waals surface area contributed by atoms with Gasteiger partial charge in [0.05, 0.1) is 0 Å². The second-order valence-corrected chi connectivity index (χ2v) is 8.74. The van der Waals surface area contributed by atoms with Gasteiger partial charge in [0.2, 0.25) is 0 Å². The fourth-order valence-corrected chi connectivity index (χ4v) is 4.88. The van der Waals surface area contributed by atoms with Gasteiger partial charge in [0.15, 0.2) is 0 Å². The Balaban J connectivity index is 1.48. The van der Waals surface area contributed by atoms with Crippen LogP contribution >= 0.6 is 0 Å². The molecule has 0 fully saturated rings. The first-order valence-corrected chi connectivity index (χ1v) is 12.1. The van der Waals surface area contributed by atoms with Crippen LogP contribution in [0.1, 0.15) is 0 Å². The van der Waals surface area contributed by atoms with Crippen molar-refractivity contribution in [2.24, 2.45) is 0 Å². The molecule has 0 atom stereocenters. The van der Waals surface area contributed by atoms with Crippen LogP contribution in [0.3, 0.4) is 0 Å². The minimum atomic E-state index is -0.212. The summed E-state index contributed by atoms with van der Waals surface area (Å²) in [5.74, 6) is -0.212. The standard InChI is InChI=1S/C34H24FN/c35-33-20-8-7-17-31(33)32-19-10-12-26-11-9-18-30(34(26)32)25-21-23-29(24-22-25)36(27-13-3-1-4-14-27)28-15-5-2-6-16-28/h1-24H. The van der Waals surface area contributed by atoms with Crippen molar-refractivity contribution >= 4 is 27.8 Å². The SMILES string of the molecule is Fc1ccccc1-c1cccc2cccc(-c3ccc(N(c4ccccc4)c4ccccc4)cc3)c12. The van der Waals surface area contributed by atoms with Gasteiger partial charge in [-0.25, -0.2) is 4.39 Å². The molecule has 6 aromatic rings. The van der Waals surface area contributed by atoms with E-state index in [0.717, 1.165) is 44.5 Å². The molecule has 6 rings (SSSR count). The zero-order valence-corrected chi connectivity index (χ0v) is 19.7. The molecule has 6 aromatic carbocycles. The van der Waals surface area contributed by atoms with Crippen LogP contribution in [-0.4, -0.2) is 0 Å². The Hall–Kier alpha value is -4.69. The van der Waals surface area contributed by atoms with E-state index in [9.17, 15) is 4.39 Å². The third-order valence-corrected chi connectivity index (χ3v) is 6.53. The van der Waals surface area contributed by atoms with Crippen molar-refractivity contribution in [3.05, 3.63) is 151 Å². The summed E-state index contributed by atoms with van der Waals surface area (Å²) >= 11 is 0. The predicted molar refractivity (Wildman–Crippen MR) is 149 cm³/mol. The van der Waals surface area contributed by atoms with Crippen molar-refractivity contribution < 1.29 is 4.39 Å². The van der Waals surface area contributed by atoms with E-state index in [1.807, 2.05) is 36.4 Å². The monoisotopic (exact) mass is 465 g/mol. The van der Waals surface area contributed by atoms with Crippen molar-refractivity contribution in [3.8, 4) is 22.3 Å². The van der Waals surface area contributed by atoms with Gasteiger partial charge in [-0.15, -0.1) is 0 Å². The van der Waals surface area contributed by atoms with Gasteiger partial charge in [-0.2, -0.15) is 0 Å². The number of para-hydroxylation sites is 2. The van der Waals surface area contributed by atoms with Crippen LogP contribution in [0.15, 0.2) is 146 Å². The third kappa shape index (κ3) is 4.03. The molecule has 0 amide bonds. The van der Waals surface area contributed by atoms with E-state index in [4.69, 9.17) is 0 Å². The van der Waals surface area contributed by atoms with Crippen molar-refractivity contribution in [2.75, 3.05) is 4.90 Å². The largest absolute Gasteiger partial charge is 0.311 e. The molecular formula is C34H24FN. The summed E-state index contributed by atoms with van der Waals surface area (Å²) < 4.78 is 14.8. The molecule has 0 aromatic heterocycles. The summed E-state index contributed by atoms with van der Waals surface area (Å²) in [5.41, 5.74) is 6.97. The maximum Gasteiger partial charge on any atom is 0.131 e. The number of rotatable bonds is 5. The third-order valence-electron chi connectivity index (χ3n) is 6.53. The van der Waals surface area contributed by atoms with Crippen LogP contribution in [0.4, 0.5) is 21.5 Å². The van der Waals surface area contributed by atoms with Crippen molar-refractivity contribution in [1.29, 1.82) is 0 Å². The maximum absolute atomic E-state index is 14.8. The number of fused-ring (bicyclic) bond motifs is 1. The van der Waals surface area contributed by atoms with E-state index in [1.54, 1.807) is 6.07 Å². The molecule has 0 saturated carbocycles. The highest BCUT2D eigenvalue weighted by atomic mass is 19.1. The molecule has 0 saturated heterocycles. The van der Waals surface area contributed by atoms with Gasteiger partial charge < -0.3 is 4.90 Å². The Kier molecular flexibility index (Phi) is 5.77. The van der Waals surface area contributed by atoms with Crippen molar-refractivity contribution in [2.45, 2.75) is 0 Å². The van der Waals surface area contributed by atoms with Crippen LogP contribution in [0.2, 0.25) is 0 Å². The van der Waals surface area contributed by atoms with Crippen molar-refractivity contribution in [3.63, 3.8) is 0 Å². The Bertz CT molecular complexity index is 1580. The fraction of sp³-hybridized carbons (Fsp3) is 0. The Labute approximate surface area is 210 Å². The summed E-state index contributed by atoms with van der Waals surface area (Å²) in [6.07, 6.45) is 0. The van der Waals surface area contributed by atoms with Crippen LogP contribution in [-0.2, 0) is 0 Å². The van der Waals surface area contributed by atoms with Gasteiger partial charge in [-0.05, 0) is 69.9 Å². The molecule has 1 nitrogen and oxygen atoms in total. The highest BCUT2D eigenvalue weighted by Crippen LogP contribution is 2.39. The average Bonchev–Trinajstić information content (AvgIpc) is 2.94. The zero-order valence-electron chi connectivity index (χ0n) is 19.7. The molecule has 0 unspecified atom stereocenters. The van der Waals surface area contributed by atoms with Crippen LogP contribution in [0, 0.1) is 5.82 Å². The molecular weight excluding hydrogens is 441 g/mol. The van der Waals surface area contributed by atoms with Gasteiger partial charge in [-0.3, -0.25) is 0 Å². The van der Waals surface area contributed by atoms with Gasteiger partial charge >= 0.3 is 0 Å². The lowest BCUT2D eigenvalue weighted by molar-refractivity contribution is 0.631. The zero-order chi connectivity index (χ0) is 24.3. The Morgan fingerprint density at radius 2 is 0.889 bits per heavy atom. The fourth-order valence-electron chi connectivity index (χ4n) is 4.88. The number of hydrogen-bond acceptors (Lipinski definition) is 1. The number of anilines is 3. The first-order valence-electron chi connectivity index (χ1n) is 12.1. The predicted octanol–water partition coefficient (Wildman–Crippen LogP) is 9.78. The van der Waals surface area contributed by atoms with Crippen LogP contribution < -0.4 is 4.90 Å². The molecule has 0 aliphatic rings. The lowest BCUT2D eigenvalue weighted by atomic mass is 9.91. The molecule has 2 heteroatoms. The summed E-state index contributed by atoms with van der Waals surface area (Å²) in [7, 11) is 0. The Morgan fingerprint density at radius 1 is 0.389 bits per heavy atom. The number of hydrogen-bond donors (Lipinski definition) is 0. The summed E-state index contributed by atoms with van der Waals surface area (Å²) in [5, 5.41) is 2.15. The van der Waals surface area contributed by atoms with E-state index >= 15 is 0 Å². The lowest BCUT2D eigenvalue weighted by Gasteiger charge is -2.25. The molecule has 0 spiro atoms. The number of halogens is 1. The second kappa shape index (κ2) is 9.52. The molecule has 0 N–H and O–H groups in total. The lowest BCUT2D eigenvalue weighted by Crippen LogP contribution is -2.09. The molecule has 0 aliphatic heterocycles. The summed E-state index contributed by atoms with van der Waals surface area (Å²) in [6.45, 7) is 0. The Morgan fingerprint density at radius 3 is 1.50 bits per heavy atom. The molecule has 36 heavy (non-hydrogen) atoms. The number of benzene rings is 6. The quantitative estimate of drug-likeness (QED) is 0.245. The van der Waals surface area contributed by atoms with Crippen LogP contribution in [0.25, 0.3) is 33.0 Å². The minimum Gasteiger partial charge on any atom is -0.311 e. The molecule has 0 heterocycles. The highest BCUT2D eigenvalue weighted by molar-refractivity contribution is 6.06. The number of nitrogens with zero attached hydrogens (tertiary/aromatic N) is 1. The smallest absolute Gasteiger partial charge is 0.131 e. The van der Waals surface area contributed by atoms with Crippen molar-refractivity contribution in [1.82, 2.24) is 0 Å². The van der Waals surface area contributed by atoms with Gasteiger partial charge in [-0.1, -0.05) is 103 Å². The topological polar surface area (TPSA) is 3.24 Å². The first kappa shape index (κ1) is 21.8. The summed E-state index contributed by atoms with van der Waals surface area (Å²) in [4.78, 5) is 2.25. The second-order valence-electron chi connectivity index (χ2n) is 8.74.